The quantitative estimate of drug-likeness (QED) is 0.547. The van der Waals surface area contributed by atoms with E-state index in [1.54, 1.807) is 0 Å². The van der Waals surface area contributed by atoms with Crippen LogP contribution in [0.1, 0.15) is 18.3 Å². The van der Waals surface area contributed by atoms with Crippen LogP contribution in [0.2, 0.25) is 0 Å². The van der Waals surface area contributed by atoms with E-state index in [1.807, 2.05) is 0 Å². The summed E-state index contributed by atoms with van der Waals surface area (Å²) >= 11 is 4.73. The fourth-order valence-corrected chi connectivity index (χ4v) is 2.91. The SMILES string of the molecule is CCS(=O)(=O)Nc1cc(-n2nc(C(F)(F)F)n(C)c2=O)c(F)cc1C(N)=S. The Bertz CT molecular complexity index is 1070. The molecule has 0 aliphatic carbocycles. The van der Waals surface area contributed by atoms with Crippen LogP contribution in [0.25, 0.3) is 5.69 Å². The number of aromatic nitrogens is 3. The molecule has 0 bridgehead atoms. The number of benzene rings is 1. The topological polar surface area (TPSA) is 112 Å². The summed E-state index contributed by atoms with van der Waals surface area (Å²) in [6.07, 6.45) is -4.96. The Morgan fingerprint density at radius 3 is 2.41 bits per heavy atom. The van der Waals surface area contributed by atoms with Crippen LogP contribution in [-0.2, 0) is 23.2 Å². The van der Waals surface area contributed by atoms with Crippen LogP contribution in [0, 0.1) is 5.82 Å². The third kappa shape index (κ3) is 4.10. The molecule has 0 fully saturated rings. The molecule has 0 spiro atoms. The minimum Gasteiger partial charge on any atom is -0.389 e. The zero-order valence-electron chi connectivity index (χ0n) is 13.8. The van der Waals surface area contributed by atoms with Crippen molar-refractivity contribution in [3.8, 4) is 5.69 Å². The largest absolute Gasteiger partial charge is 0.451 e. The number of anilines is 1. The Hall–Kier alpha value is -2.48. The number of halogens is 4. The Morgan fingerprint density at radius 1 is 1.37 bits per heavy atom. The first-order valence-electron chi connectivity index (χ1n) is 7.16. The van der Waals surface area contributed by atoms with E-state index in [0.717, 1.165) is 13.1 Å². The van der Waals surface area contributed by atoms with Crippen LogP contribution >= 0.6 is 12.2 Å². The second-order valence-corrected chi connectivity index (χ2v) is 7.74. The average molecular weight is 427 g/mol. The van der Waals surface area contributed by atoms with Gasteiger partial charge in [-0.05, 0) is 19.1 Å². The highest BCUT2D eigenvalue weighted by molar-refractivity contribution is 7.92. The first-order valence-corrected chi connectivity index (χ1v) is 9.22. The van der Waals surface area contributed by atoms with E-state index in [-0.39, 0.29) is 31.2 Å². The normalized spacial score (nSPS) is 12.2. The molecule has 0 atom stereocenters. The fourth-order valence-electron chi connectivity index (χ4n) is 2.09. The number of nitrogens with two attached hydrogens (primary N) is 1. The van der Waals surface area contributed by atoms with Crippen molar-refractivity contribution in [2.24, 2.45) is 12.8 Å². The fraction of sp³-hybridized carbons (Fsp3) is 0.308. The predicted molar refractivity (Wildman–Crippen MR) is 92.7 cm³/mol. The molecule has 3 N–H and O–H groups in total. The summed E-state index contributed by atoms with van der Waals surface area (Å²) in [6.45, 7) is 1.33. The summed E-state index contributed by atoms with van der Waals surface area (Å²) in [5, 5.41) is 3.10. The molecule has 0 aliphatic rings. The lowest BCUT2D eigenvalue weighted by Gasteiger charge is -2.13. The van der Waals surface area contributed by atoms with Crippen molar-refractivity contribution in [2.45, 2.75) is 13.1 Å². The molecule has 8 nitrogen and oxygen atoms in total. The minimum atomic E-state index is -4.96. The minimum absolute atomic E-state index is 0.172. The molecule has 0 saturated heterocycles. The van der Waals surface area contributed by atoms with Crippen LogP contribution in [0.4, 0.5) is 23.2 Å². The molecule has 0 radical (unpaired) electrons. The van der Waals surface area contributed by atoms with Gasteiger partial charge >= 0.3 is 11.9 Å². The molecular formula is C13H13F4N5O3S2. The first-order chi connectivity index (χ1) is 12.3. The van der Waals surface area contributed by atoms with Gasteiger partial charge in [0.05, 0.1) is 11.4 Å². The maximum Gasteiger partial charge on any atom is 0.451 e. The standard InChI is InChI=1S/C13H13F4N5O3S2/c1-3-27(24,25)20-8-5-9(7(14)4-6(8)10(18)26)22-12(23)21(2)11(19-22)13(15,16)17/h4-5,20H,3H2,1-2H3,(H2,18,26). The second kappa shape index (κ2) is 6.92. The zero-order valence-corrected chi connectivity index (χ0v) is 15.5. The summed E-state index contributed by atoms with van der Waals surface area (Å²) < 4.78 is 79.3. The predicted octanol–water partition coefficient (Wildman–Crippen LogP) is 1.12. The van der Waals surface area contributed by atoms with Crippen molar-refractivity contribution >= 4 is 32.9 Å². The van der Waals surface area contributed by atoms with E-state index in [2.05, 4.69) is 9.82 Å². The van der Waals surface area contributed by atoms with Crippen molar-refractivity contribution in [1.29, 1.82) is 0 Å². The highest BCUT2D eigenvalue weighted by Gasteiger charge is 2.38. The number of rotatable bonds is 5. The Kier molecular flexibility index (Phi) is 5.34. The first kappa shape index (κ1) is 20.8. The molecule has 1 aromatic heterocycles. The van der Waals surface area contributed by atoms with Crippen LogP contribution in [0.15, 0.2) is 16.9 Å². The maximum atomic E-state index is 14.4. The van der Waals surface area contributed by atoms with Gasteiger partial charge in [0.25, 0.3) is 0 Å². The molecule has 0 amide bonds. The summed E-state index contributed by atoms with van der Waals surface area (Å²) in [5.74, 6) is -3.08. The van der Waals surface area contributed by atoms with Gasteiger partial charge in [0, 0.05) is 12.6 Å². The smallest absolute Gasteiger partial charge is 0.389 e. The Morgan fingerprint density at radius 2 is 1.96 bits per heavy atom. The lowest BCUT2D eigenvalue weighted by molar-refractivity contribution is -0.147. The highest BCUT2D eigenvalue weighted by atomic mass is 32.2. The molecule has 2 aromatic rings. The van der Waals surface area contributed by atoms with Gasteiger partial charge < -0.3 is 5.73 Å². The summed E-state index contributed by atoms with van der Waals surface area (Å²) in [5.41, 5.74) is 2.94. The van der Waals surface area contributed by atoms with E-state index in [9.17, 15) is 30.8 Å². The van der Waals surface area contributed by atoms with Crippen molar-refractivity contribution in [3.63, 3.8) is 0 Å². The van der Waals surface area contributed by atoms with Crippen LogP contribution in [0.3, 0.4) is 0 Å². The number of thiocarbonyl (C=S) groups is 1. The molecule has 0 saturated carbocycles. The van der Waals surface area contributed by atoms with Gasteiger partial charge in [0.15, 0.2) is 0 Å². The van der Waals surface area contributed by atoms with E-state index in [0.29, 0.717) is 6.07 Å². The third-order valence-electron chi connectivity index (χ3n) is 3.46. The van der Waals surface area contributed by atoms with Gasteiger partial charge in [-0.25, -0.2) is 17.6 Å². The third-order valence-corrected chi connectivity index (χ3v) is 4.97. The Labute approximate surface area is 155 Å². The van der Waals surface area contributed by atoms with E-state index >= 15 is 0 Å². The van der Waals surface area contributed by atoms with Gasteiger partial charge in [-0.1, -0.05) is 12.2 Å². The van der Waals surface area contributed by atoms with Crippen LogP contribution < -0.4 is 16.1 Å². The number of nitrogens with one attached hydrogen (secondary N) is 1. The zero-order chi connectivity index (χ0) is 20.7. The maximum absolute atomic E-state index is 14.4. The monoisotopic (exact) mass is 427 g/mol. The van der Waals surface area contributed by atoms with Gasteiger partial charge in [-0.2, -0.15) is 17.9 Å². The van der Waals surface area contributed by atoms with Crippen molar-refractivity contribution in [2.75, 3.05) is 10.5 Å². The lowest BCUT2D eigenvalue weighted by Crippen LogP contribution is -2.25. The molecule has 0 unspecified atom stereocenters. The van der Waals surface area contributed by atoms with Gasteiger partial charge in [0.2, 0.25) is 15.8 Å². The summed E-state index contributed by atoms with van der Waals surface area (Å²) in [4.78, 5) is 11.7. The van der Waals surface area contributed by atoms with Crippen LogP contribution in [-0.4, -0.2) is 33.5 Å². The van der Waals surface area contributed by atoms with E-state index in [4.69, 9.17) is 18.0 Å². The number of nitrogens with zero attached hydrogens (tertiary/aromatic N) is 3. The van der Waals surface area contributed by atoms with E-state index in [1.165, 1.54) is 6.92 Å². The molecule has 14 heteroatoms. The number of hydrogen-bond donors (Lipinski definition) is 2. The van der Waals surface area contributed by atoms with Crippen molar-refractivity contribution in [3.05, 3.63) is 39.8 Å². The highest BCUT2D eigenvalue weighted by Crippen LogP contribution is 2.28. The number of hydrogen-bond acceptors (Lipinski definition) is 5. The van der Waals surface area contributed by atoms with Crippen molar-refractivity contribution < 1.29 is 26.0 Å². The molecule has 0 aliphatic heterocycles. The molecule has 1 heterocycles. The number of alkyl halides is 3. The van der Waals surface area contributed by atoms with Gasteiger partial charge in [-0.15, -0.1) is 5.10 Å². The molecule has 1 aromatic carbocycles. The van der Waals surface area contributed by atoms with Crippen molar-refractivity contribution in [1.82, 2.24) is 14.3 Å². The van der Waals surface area contributed by atoms with Crippen LogP contribution in [0.5, 0.6) is 0 Å². The lowest BCUT2D eigenvalue weighted by atomic mass is 10.1. The number of sulfonamides is 1. The molecule has 27 heavy (non-hydrogen) atoms. The van der Waals surface area contributed by atoms with E-state index < -0.39 is 39.2 Å². The Balaban J connectivity index is 2.76. The summed E-state index contributed by atoms with van der Waals surface area (Å²) in [7, 11) is -3.04. The molecule has 2 rings (SSSR count). The van der Waals surface area contributed by atoms with Gasteiger partial charge in [0.1, 0.15) is 16.5 Å². The second-order valence-electron chi connectivity index (χ2n) is 5.29. The molecule has 148 valence electrons. The average Bonchev–Trinajstić information content (AvgIpc) is 2.84. The molecular weight excluding hydrogens is 414 g/mol. The summed E-state index contributed by atoms with van der Waals surface area (Å²) in [6, 6.07) is 1.51. The van der Waals surface area contributed by atoms with Gasteiger partial charge in [-0.3, -0.25) is 9.29 Å².